The van der Waals surface area contributed by atoms with Crippen molar-refractivity contribution in [1.82, 2.24) is 10.6 Å². The number of nitrogens with one attached hydrogen (secondary N) is 2. The quantitative estimate of drug-likeness (QED) is 0.304. The SMILES string of the molecule is CCNC(=NCC1CC1)NCCCOc1ccccc1.I. The largest absolute Gasteiger partial charge is 0.494 e. The summed E-state index contributed by atoms with van der Waals surface area (Å²) >= 11 is 0. The van der Waals surface area contributed by atoms with Gasteiger partial charge in [-0.1, -0.05) is 18.2 Å². The molecule has 1 saturated carbocycles. The highest BCUT2D eigenvalue weighted by molar-refractivity contribution is 14.0. The summed E-state index contributed by atoms with van der Waals surface area (Å²) < 4.78 is 5.66. The first kappa shape index (κ1) is 18.1. The molecule has 4 nitrogen and oxygen atoms in total. The Hall–Kier alpha value is -0.980. The second-order valence-corrected chi connectivity index (χ2v) is 5.10. The van der Waals surface area contributed by atoms with Crippen molar-refractivity contribution < 1.29 is 4.74 Å². The lowest BCUT2D eigenvalue weighted by Gasteiger charge is -2.11. The minimum Gasteiger partial charge on any atom is -0.494 e. The molecule has 118 valence electrons. The van der Waals surface area contributed by atoms with Gasteiger partial charge in [-0.3, -0.25) is 4.99 Å². The number of aliphatic imine (C=N–C) groups is 1. The van der Waals surface area contributed by atoms with E-state index >= 15 is 0 Å². The first-order valence-electron chi connectivity index (χ1n) is 7.58. The van der Waals surface area contributed by atoms with Crippen molar-refractivity contribution in [3.05, 3.63) is 30.3 Å². The Bertz CT molecular complexity index is 407. The number of benzene rings is 1. The van der Waals surface area contributed by atoms with Gasteiger partial charge in [-0.15, -0.1) is 24.0 Å². The van der Waals surface area contributed by atoms with Crippen molar-refractivity contribution in [3.63, 3.8) is 0 Å². The van der Waals surface area contributed by atoms with Crippen LogP contribution in [0.5, 0.6) is 5.75 Å². The molecule has 1 aliphatic rings. The third kappa shape index (κ3) is 8.14. The molecular formula is C16H26IN3O. The molecule has 0 bridgehead atoms. The zero-order valence-electron chi connectivity index (χ0n) is 12.7. The summed E-state index contributed by atoms with van der Waals surface area (Å²) in [5.74, 6) is 2.69. The fraction of sp³-hybridized carbons (Fsp3) is 0.562. The molecule has 2 rings (SSSR count). The molecule has 2 N–H and O–H groups in total. The zero-order valence-corrected chi connectivity index (χ0v) is 15.0. The van der Waals surface area contributed by atoms with E-state index in [2.05, 4.69) is 22.5 Å². The van der Waals surface area contributed by atoms with Gasteiger partial charge >= 0.3 is 0 Å². The van der Waals surface area contributed by atoms with Gasteiger partial charge in [0, 0.05) is 19.6 Å². The number of nitrogens with zero attached hydrogens (tertiary/aromatic N) is 1. The van der Waals surface area contributed by atoms with Crippen molar-refractivity contribution in [1.29, 1.82) is 0 Å². The van der Waals surface area contributed by atoms with E-state index in [4.69, 9.17) is 4.74 Å². The lowest BCUT2D eigenvalue weighted by Crippen LogP contribution is -2.38. The molecule has 0 atom stereocenters. The van der Waals surface area contributed by atoms with Crippen molar-refractivity contribution in [2.24, 2.45) is 10.9 Å². The fourth-order valence-electron chi connectivity index (χ4n) is 1.85. The van der Waals surface area contributed by atoms with Crippen LogP contribution >= 0.6 is 24.0 Å². The highest BCUT2D eigenvalue weighted by Crippen LogP contribution is 2.28. The summed E-state index contributed by atoms with van der Waals surface area (Å²) in [4.78, 5) is 4.58. The van der Waals surface area contributed by atoms with Crippen LogP contribution < -0.4 is 15.4 Å². The van der Waals surface area contributed by atoms with Gasteiger partial charge in [0.15, 0.2) is 5.96 Å². The van der Waals surface area contributed by atoms with E-state index in [0.29, 0.717) is 0 Å². The minimum atomic E-state index is 0. The molecule has 1 aromatic rings. The first-order valence-corrected chi connectivity index (χ1v) is 7.58. The van der Waals surface area contributed by atoms with E-state index in [1.807, 2.05) is 30.3 Å². The highest BCUT2D eigenvalue weighted by atomic mass is 127. The monoisotopic (exact) mass is 403 g/mol. The lowest BCUT2D eigenvalue weighted by atomic mass is 10.3. The van der Waals surface area contributed by atoms with Crippen LogP contribution in [0.2, 0.25) is 0 Å². The maximum atomic E-state index is 5.66. The Balaban J connectivity index is 0.00000220. The van der Waals surface area contributed by atoms with Crippen molar-refractivity contribution >= 4 is 29.9 Å². The summed E-state index contributed by atoms with van der Waals surface area (Å²) in [6, 6.07) is 9.93. The summed E-state index contributed by atoms with van der Waals surface area (Å²) in [6.45, 7) is 5.54. The maximum Gasteiger partial charge on any atom is 0.191 e. The van der Waals surface area contributed by atoms with Gasteiger partial charge in [0.1, 0.15) is 5.75 Å². The molecule has 5 heteroatoms. The van der Waals surface area contributed by atoms with Crippen LogP contribution in [0.25, 0.3) is 0 Å². The fourth-order valence-corrected chi connectivity index (χ4v) is 1.85. The second kappa shape index (κ2) is 10.7. The third-order valence-corrected chi connectivity index (χ3v) is 3.17. The number of guanidine groups is 1. The van der Waals surface area contributed by atoms with Crippen LogP contribution in [0.1, 0.15) is 26.2 Å². The molecule has 1 aliphatic carbocycles. The lowest BCUT2D eigenvalue weighted by molar-refractivity contribution is 0.311. The molecule has 0 unspecified atom stereocenters. The summed E-state index contributed by atoms with van der Waals surface area (Å²) in [6.07, 6.45) is 3.64. The number of rotatable bonds is 8. The van der Waals surface area contributed by atoms with Crippen LogP contribution in [-0.2, 0) is 0 Å². The smallest absolute Gasteiger partial charge is 0.191 e. The van der Waals surface area contributed by atoms with Gasteiger partial charge in [0.05, 0.1) is 6.61 Å². The molecule has 0 aliphatic heterocycles. The molecule has 1 fully saturated rings. The standard InChI is InChI=1S/C16H25N3O.HI/c1-2-17-16(19-13-14-9-10-14)18-11-6-12-20-15-7-4-3-5-8-15;/h3-5,7-8,14H,2,6,9-13H2,1H3,(H2,17,18,19);1H. The van der Waals surface area contributed by atoms with Gasteiger partial charge in [-0.05, 0) is 44.2 Å². The topological polar surface area (TPSA) is 45.7 Å². The second-order valence-electron chi connectivity index (χ2n) is 5.10. The van der Waals surface area contributed by atoms with Crippen LogP contribution in [0.4, 0.5) is 0 Å². The predicted octanol–water partition coefficient (Wildman–Crippen LogP) is 3.04. The Morgan fingerprint density at radius 2 is 2.00 bits per heavy atom. The molecular weight excluding hydrogens is 377 g/mol. The van der Waals surface area contributed by atoms with Gasteiger partial charge in [-0.2, -0.15) is 0 Å². The number of hydrogen-bond acceptors (Lipinski definition) is 2. The minimum absolute atomic E-state index is 0. The van der Waals surface area contributed by atoms with E-state index in [0.717, 1.165) is 50.3 Å². The molecule has 0 amide bonds. The highest BCUT2D eigenvalue weighted by Gasteiger charge is 2.20. The maximum absolute atomic E-state index is 5.66. The van der Waals surface area contributed by atoms with E-state index in [1.54, 1.807) is 0 Å². The Kier molecular flexibility index (Phi) is 9.21. The average molecular weight is 403 g/mol. The molecule has 0 radical (unpaired) electrons. The molecule has 0 heterocycles. The average Bonchev–Trinajstić information content (AvgIpc) is 3.29. The van der Waals surface area contributed by atoms with E-state index in [9.17, 15) is 0 Å². The third-order valence-electron chi connectivity index (χ3n) is 3.17. The Morgan fingerprint density at radius 1 is 1.24 bits per heavy atom. The van der Waals surface area contributed by atoms with E-state index < -0.39 is 0 Å². The summed E-state index contributed by atoms with van der Waals surface area (Å²) in [7, 11) is 0. The predicted molar refractivity (Wildman–Crippen MR) is 98.7 cm³/mol. The molecule has 0 spiro atoms. The van der Waals surface area contributed by atoms with Gasteiger partial charge in [-0.25, -0.2) is 0 Å². The van der Waals surface area contributed by atoms with Crippen molar-refractivity contribution in [2.45, 2.75) is 26.2 Å². The van der Waals surface area contributed by atoms with E-state index in [1.165, 1.54) is 12.8 Å². The number of hydrogen-bond donors (Lipinski definition) is 2. The summed E-state index contributed by atoms with van der Waals surface area (Å²) in [5.41, 5.74) is 0. The Morgan fingerprint density at radius 3 is 2.67 bits per heavy atom. The van der Waals surface area contributed by atoms with Gasteiger partial charge in [0.2, 0.25) is 0 Å². The van der Waals surface area contributed by atoms with E-state index in [-0.39, 0.29) is 24.0 Å². The van der Waals surface area contributed by atoms with Crippen molar-refractivity contribution in [3.8, 4) is 5.75 Å². The van der Waals surface area contributed by atoms with Crippen LogP contribution in [0.15, 0.2) is 35.3 Å². The Labute approximate surface area is 144 Å². The van der Waals surface area contributed by atoms with Crippen LogP contribution in [-0.4, -0.2) is 32.2 Å². The van der Waals surface area contributed by atoms with Gasteiger partial charge in [0.25, 0.3) is 0 Å². The van der Waals surface area contributed by atoms with Crippen LogP contribution in [0.3, 0.4) is 0 Å². The summed E-state index contributed by atoms with van der Waals surface area (Å²) in [5, 5.41) is 6.62. The first-order chi connectivity index (χ1) is 9.88. The van der Waals surface area contributed by atoms with Crippen LogP contribution in [0, 0.1) is 5.92 Å². The molecule has 0 saturated heterocycles. The normalized spacial score (nSPS) is 14.2. The number of ether oxygens (including phenoxy) is 1. The number of halogens is 1. The molecule has 1 aromatic carbocycles. The van der Waals surface area contributed by atoms with Gasteiger partial charge < -0.3 is 15.4 Å². The van der Waals surface area contributed by atoms with Crippen molar-refractivity contribution in [2.75, 3.05) is 26.2 Å². The molecule has 0 aromatic heterocycles. The number of para-hydroxylation sites is 1. The molecule has 21 heavy (non-hydrogen) atoms. The zero-order chi connectivity index (χ0) is 14.0.